The molecule has 92 valence electrons. The summed E-state index contributed by atoms with van der Waals surface area (Å²) in [6.07, 6.45) is 0. The van der Waals surface area contributed by atoms with Gasteiger partial charge in [-0.05, 0) is 24.6 Å². The maximum atomic E-state index is 10.7. The maximum Gasteiger partial charge on any atom is 0.321 e. The molecule has 4 nitrogen and oxygen atoms in total. The first-order valence-electron chi connectivity index (χ1n) is 5.45. The molecule has 5 heteroatoms. The summed E-state index contributed by atoms with van der Waals surface area (Å²) in [5.74, 6) is 0.624. The molecule has 0 spiro atoms. The molecule has 1 aromatic carbocycles. The molecule has 2 unspecified atom stereocenters. The van der Waals surface area contributed by atoms with Gasteiger partial charge in [0.2, 0.25) is 0 Å². The molecule has 0 bridgehead atoms. The van der Waals surface area contributed by atoms with Crippen LogP contribution >= 0.6 is 11.8 Å². The first-order chi connectivity index (χ1) is 8.15. The second-order valence-electron chi connectivity index (χ2n) is 4.01. The van der Waals surface area contributed by atoms with E-state index in [1.165, 1.54) is 0 Å². The fraction of sp³-hybridized carbons (Fsp3) is 0.417. The molecule has 1 aromatic rings. The Kier molecular flexibility index (Phi) is 3.91. The summed E-state index contributed by atoms with van der Waals surface area (Å²) in [7, 11) is 0. The van der Waals surface area contributed by atoms with Crippen molar-refractivity contribution >= 4 is 17.7 Å². The van der Waals surface area contributed by atoms with Crippen molar-refractivity contribution in [2.45, 2.75) is 18.3 Å². The van der Waals surface area contributed by atoms with Gasteiger partial charge in [-0.25, -0.2) is 0 Å². The minimum Gasteiger partial charge on any atom is -0.491 e. The third-order valence-electron chi connectivity index (χ3n) is 2.54. The van der Waals surface area contributed by atoms with Gasteiger partial charge in [0.25, 0.3) is 0 Å². The Morgan fingerprint density at radius 1 is 1.65 bits per heavy atom. The minimum atomic E-state index is -0.796. The van der Waals surface area contributed by atoms with Crippen molar-refractivity contribution in [1.82, 2.24) is 5.32 Å². The van der Waals surface area contributed by atoms with E-state index < -0.39 is 12.0 Å². The van der Waals surface area contributed by atoms with Gasteiger partial charge in [0, 0.05) is 5.75 Å². The third-order valence-corrected chi connectivity index (χ3v) is 3.74. The monoisotopic (exact) mass is 253 g/mol. The van der Waals surface area contributed by atoms with Gasteiger partial charge in [-0.2, -0.15) is 0 Å². The fourth-order valence-corrected chi connectivity index (χ4v) is 2.74. The highest BCUT2D eigenvalue weighted by molar-refractivity contribution is 8.00. The van der Waals surface area contributed by atoms with Crippen LogP contribution in [0.25, 0.3) is 0 Å². The highest BCUT2D eigenvalue weighted by atomic mass is 32.2. The number of aryl methyl sites for hydroxylation is 1. The Labute approximate surface area is 104 Å². The predicted molar refractivity (Wildman–Crippen MR) is 67.5 cm³/mol. The lowest BCUT2D eigenvalue weighted by Crippen LogP contribution is -2.38. The number of carboxylic acid groups (broad SMARTS) is 1. The summed E-state index contributed by atoms with van der Waals surface area (Å²) in [6, 6.07) is 7.37. The van der Waals surface area contributed by atoms with Crippen LogP contribution < -0.4 is 10.1 Å². The van der Waals surface area contributed by atoms with Gasteiger partial charge in [-0.15, -0.1) is 11.8 Å². The van der Waals surface area contributed by atoms with Crippen molar-refractivity contribution in [3.63, 3.8) is 0 Å². The first-order valence-corrected chi connectivity index (χ1v) is 6.50. The lowest BCUT2D eigenvalue weighted by atomic mass is 10.2. The molecule has 17 heavy (non-hydrogen) atoms. The molecule has 1 heterocycles. The number of hydrogen-bond donors (Lipinski definition) is 2. The molecule has 2 rings (SSSR count). The molecule has 1 fully saturated rings. The van der Waals surface area contributed by atoms with Crippen molar-refractivity contribution in [1.29, 1.82) is 0 Å². The van der Waals surface area contributed by atoms with Gasteiger partial charge in [-0.3, -0.25) is 10.1 Å². The van der Waals surface area contributed by atoms with Crippen LogP contribution in [0.3, 0.4) is 0 Å². The lowest BCUT2D eigenvalue weighted by molar-refractivity contribution is -0.138. The van der Waals surface area contributed by atoms with E-state index in [4.69, 9.17) is 9.84 Å². The van der Waals surface area contributed by atoms with E-state index >= 15 is 0 Å². The van der Waals surface area contributed by atoms with Crippen LogP contribution in [0.15, 0.2) is 24.3 Å². The lowest BCUT2D eigenvalue weighted by Gasteiger charge is -2.12. The molecule has 0 amide bonds. The molecule has 2 atom stereocenters. The zero-order valence-electron chi connectivity index (χ0n) is 9.55. The number of hydrogen-bond acceptors (Lipinski definition) is 4. The predicted octanol–water partition coefficient (Wildman–Crippen LogP) is 1.49. The number of aliphatic carboxylic acids is 1. The van der Waals surface area contributed by atoms with E-state index in [-0.39, 0.29) is 5.37 Å². The van der Waals surface area contributed by atoms with E-state index in [0.717, 1.165) is 11.3 Å². The summed E-state index contributed by atoms with van der Waals surface area (Å²) < 4.78 is 5.62. The highest BCUT2D eigenvalue weighted by Gasteiger charge is 2.29. The second-order valence-corrected chi connectivity index (χ2v) is 5.24. The number of carboxylic acids is 1. The van der Waals surface area contributed by atoms with Gasteiger partial charge in [0.1, 0.15) is 18.4 Å². The van der Waals surface area contributed by atoms with Crippen LogP contribution in [0.4, 0.5) is 0 Å². The zero-order valence-corrected chi connectivity index (χ0v) is 10.4. The van der Waals surface area contributed by atoms with Gasteiger partial charge >= 0.3 is 5.97 Å². The number of carbonyl (C=O) groups is 1. The van der Waals surface area contributed by atoms with Crippen molar-refractivity contribution in [2.75, 3.05) is 12.4 Å². The third kappa shape index (κ3) is 3.38. The Hall–Kier alpha value is -1.20. The van der Waals surface area contributed by atoms with Crippen molar-refractivity contribution in [3.8, 4) is 5.75 Å². The molecule has 0 radical (unpaired) electrons. The van der Waals surface area contributed by atoms with E-state index in [0.29, 0.717) is 12.4 Å². The molecule has 1 saturated heterocycles. The van der Waals surface area contributed by atoms with Crippen LogP contribution in [0.2, 0.25) is 0 Å². The number of benzene rings is 1. The number of thioether (sulfide) groups is 1. The van der Waals surface area contributed by atoms with E-state index in [1.807, 2.05) is 31.2 Å². The summed E-state index contributed by atoms with van der Waals surface area (Å²) in [5.41, 5.74) is 1.15. The average molecular weight is 253 g/mol. The van der Waals surface area contributed by atoms with Gasteiger partial charge in [0.05, 0.1) is 5.37 Å². The molecule has 1 aliphatic rings. The van der Waals surface area contributed by atoms with Crippen LogP contribution in [0.1, 0.15) is 5.56 Å². The summed E-state index contributed by atoms with van der Waals surface area (Å²) in [5, 5.41) is 11.9. The summed E-state index contributed by atoms with van der Waals surface area (Å²) in [4.78, 5) is 10.7. The van der Waals surface area contributed by atoms with E-state index in [9.17, 15) is 4.79 Å². The van der Waals surface area contributed by atoms with Gasteiger partial charge < -0.3 is 9.84 Å². The maximum absolute atomic E-state index is 10.7. The quantitative estimate of drug-likeness (QED) is 0.851. The molecule has 1 aliphatic heterocycles. The Bertz CT molecular complexity index is 410. The van der Waals surface area contributed by atoms with Crippen molar-refractivity contribution < 1.29 is 14.6 Å². The molecular weight excluding hydrogens is 238 g/mol. The van der Waals surface area contributed by atoms with Crippen LogP contribution in [-0.2, 0) is 4.79 Å². The molecule has 0 aromatic heterocycles. The second kappa shape index (κ2) is 5.42. The number of ether oxygens (including phenoxy) is 1. The van der Waals surface area contributed by atoms with Gasteiger partial charge in [-0.1, -0.05) is 12.1 Å². The molecular formula is C12H15NO3S. The Morgan fingerprint density at radius 3 is 3.12 bits per heavy atom. The fourth-order valence-electron chi connectivity index (χ4n) is 1.65. The summed E-state index contributed by atoms with van der Waals surface area (Å²) in [6.45, 7) is 2.49. The van der Waals surface area contributed by atoms with Gasteiger partial charge in [0.15, 0.2) is 0 Å². The van der Waals surface area contributed by atoms with Crippen LogP contribution in [0.5, 0.6) is 5.75 Å². The molecule has 0 saturated carbocycles. The van der Waals surface area contributed by atoms with Crippen molar-refractivity contribution in [3.05, 3.63) is 29.8 Å². The van der Waals surface area contributed by atoms with Crippen LogP contribution in [0, 0.1) is 6.92 Å². The largest absolute Gasteiger partial charge is 0.491 e. The minimum absolute atomic E-state index is 0.0524. The smallest absolute Gasteiger partial charge is 0.321 e. The number of nitrogens with one attached hydrogen (secondary N) is 1. The molecule has 0 aliphatic carbocycles. The number of rotatable bonds is 4. The first kappa shape index (κ1) is 12.3. The average Bonchev–Trinajstić information content (AvgIpc) is 2.75. The normalized spacial score (nSPS) is 23.6. The van der Waals surface area contributed by atoms with E-state index in [1.54, 1.807) is 11.8 Å². The zero-order chi connectivity index (χ0) is 12.3. The Morgan fingerprint density at radius 2 is 2.47 bits per heavy atom. The Balaban J connectivity index is 1.82. The topological polar surface area (TPSA) is 58.6 Å². The van der Waals surface area contributed by atoms with Crippen molar-refractivity contribution in [2.24, 2.45) is 0 Å². The highest BCUT2D eigenvalue weighted by Crippen LogP contribution is 2.20. The molecule has 2 N–H and O–H groups in total. The standard InChI is InChI=1S/C12H15NO3S/c1-8-3-2-4-9(5-8)16-6-11-13-10(7-17-11)12(14)15/h2-5,10-11,13H,6-7H2,1H3,(H,14,15). The van der Waals surface area contributed by atoms with E-state index in [2.05, 4.69) is 5.32 Å². The van der Waals surface area contributed by atoms with Crippen LogP contribution in [-0.4, -0.2) is 34.9 Å². The SMILES string of the molecule is Cc1cccc(OCC2NC(C(=O)O)CS2)c1. The summed E-state index contributed by atoms with van der Waals surface area (Å²) >= 11 is 1.59.